The summed E-state index contributed by atoms with van der Waals surface area (Å²) in [5, 5.41) is 0.980. The number of pyridine rings is 1. The van der Waals surface area contributed by atoms with Gasteiger partial charge in [0.1, 0.15) is 0 Å². The van der Waals surface area contributed by atoms with Crippen molar-refractivity contribution in [2.24, 2.45) is 5.73 Å². The molecule has 102 valence electrons. The number of hydrogen-bond acceptors (Lipinski definition) is 4. The number of nitrogens with zero attached hydrogens (tertiary/aromatic N) is 1. The van der Waals surface area contributed by atoms with Crippen LogP contribution in [0.3, 0.4) is 0 Å². The maximum Gasteiger partial charge on any atom is 0.331 e. The third-order valence-corrected chi connectivity index (χ3v) is 2.76. The Kier molecular flexibility index (Phi) is 4.10. The zero-order chi connectivity index (χ0) is 14.5. The van der Waals surface area contributed by atoms with E-state index in [1.54, 1.807) is 12.3 Å². The molecule has 0 saturated carbocycles. The van der Waals surface area contributed by atoms with Crippen molar-refractivity contribution in [1.82, 2.24) is 4.98 Å². The number of amides is 1. The van der Waals surface area contributed by atoms with Gasteiger partial charge in [0.05, 0.1) is 5.52 Å². The van der Waals surface area contributed by atoms with E-state index in [1.807, 2.05) is 30.3 Å². The van der Waals surface area contributed by atoms with Crippen LogP contribution in [-0.2, 0) is 14.3 Å². The lowest BCUT2D eigenvalue weighted by atomic mass is 10.1. The van der Waals surface area contributed by atoms with Crippen molar-refractivity contribution in [3.8, 4) is 0 Å². The molecule has 2 aromatic rings. The maximum absolute atomic E-state index is 11.5. The first-order chi connectivity index (χ1) is 9.58. The van der Waals surface area contributed by atoms with Crippen molar-refractivity contribution in [3.63, 3.8) is 0 Å². The smallest absolute Gasteiger partial charge is 0.331 e. The second kappa shape index (κ2) is 5.97. The Morgan fingerprint density at radius 2 is 2.05 bits per heavy atom. The molecule has 0 aliphatic rings. The highest BCUT2D eigenvalue weighted by atomic mass is 16.5. The second-order valence-electron chi connectivity index (χ2n) is 4.24. The molecule has 2 rings (SSSR count). The third-order valence-electron chi connectivity index (χ3n) is 2.76. The minimum atomic E-state index is -0.946. The summed E-state index contributed by atoms with van der Waals surface area (Å²) in [6, 6.07) is 9.44. The Labute approximate surface area is 116 Å². The molecule has 1 amide bonds. The molecule has 1 atom stereocenters. The summed E-state index contributed by atoms with van der Waals surface area (Å²) < 4.78 is 4.82. The van der Waals surface area contributed by atoms with Crippen LogP contribution in [0.1, 0.15) is 12.5 Å². The molecule has 2 N–H and O–H groups in total. The van der Waals surface area contributed by atoms with E-state index in [0.717, 1.165) is 16.5 Å². The molecule has 20 heavy (non-hydrogen) atoms. The van der Waals surface area contributed by atoms with Crippen molar-refractivity contribution in [2.75, 3.05) is 0 Å². The molecule has 5 nitrogen and oxygen atoms in total. The largest absolute Gasteiger partial charge is 0.449 e. The van der Waals surface area contributed by atoms with Crippen LogP contribution in [0.15, 0.2) is 42.6 Å². The number of carbonyl (C=O) groups is 2. The third kappa shape index (κ3) is 3.20. The number of para-hydroxylation sites is 1. The first kappa shape index (κ1) is 13.7. The van der Waals surface area contributed by atoms with Crippen molar-refractivity contribution < 1.29 is 14.3 Å². The fourth-order valence-corrected chi connectivity index (χ4v) is 1.69. The summed E-state index contributed by atoms with van der Waals surface area (Å²) in [5.74, 6) is -1.30. The molecule has 1 aromatic carbocycles. The van der Waals surface area contributed by atoms with Gasteiger partial charge in [0, 0.05) is 23.2 Å². The first-order valence-electron chi connectivity index (χ1n) is 6.09. The SMILES string of the molecule is C[C@H](OC(=O)/C=C\c1cccc2cccnc12)C(N)=O. The van der Waals surface area contributed by atoms with E-state index in [-0.39, 0.29) is 0 Å². The van der Waals surface area contributed by atoms with Crippen LogP contribution in [-0.4, -0.2) is 23.0 Å². The van der Waals surface area contributed by atoms with Crippen LogP contribution in [0.25, 0.3) is 17.0 Å². The summed E-state index contributed by atoms with van der Waals surface area (Å²) in [5.41, 5.74) is 6.61. The van der Waals surface area contributed by atoms with Crippen LogP contribution in [0, 0.1) is 0 Å². The summed E-state index contributed by atoms with van der Waals surface area (Å²) in [7, 11) is 0. The number of esters is 1. The number of nitrogens with two attached hydrogens (primary N) is 1. The minimum Gasteiger partial charge on any atom is -0.449 e. The zero-order valence-electron chi connectivity index (χ0n) is 10.9. The minimum absolute atomic E-state index is 0.621. The molecular weight excluding hydrogens is 256 g/mol. The Bertz CT molecular complexity index is 674. The number of ether oxygens (including phenoxy) is 1. The average molecular weight is 270 g/mol. The van der Waals surface area contributed by atoms with Gasteiger partial charge in [0.25, 0.3) is 5.91 Å². The fourth-order valence-electron chi connectivity index (χ4n) is 1.69. The van der Waals surface area contributed by atoms with Crippen LogP contribution in [0.5, 0.6) is 0 Å². The van der Waals surface area contributed by atoms with E-state index in [1.165, 1.54) is 13.0 Å². The van der Waals surface area contributed by atoms with Crippen molar-refractivity contribution in [2.45, 2.75) is 13.0 Å². The number of primary amides is 1. The van der Waals surface area contributed by atoms with Crippen LogP contribution in [0.2, 0.25) is 0 Å². The Hall–Kier alpha value is -2.69. The predicted molar refractivity (Wildman–Crippen MR) is 75.5 cm³/mol. The lowest BCUT2D eigenvalue weighted by molar-refractivity contribution is -0.148. The van der Waals surface area contributed by atoms with E-state index in [0.29, 0.717) is 0 Å². The van der Waals surface area contributed by atoms with Gasteiger partial charge in [0.15, 0.2) is 6.10 Å². The van der Waals surface area contributed by atoms with Gasteiger partial charge in [-0.25, -0.2) is 4.79 Å². The molecule has 0 bridgehead atoms. The van der Waals surface area contributed by atoms with Gasteiger partial charge in [0.2, 0.25) is 0 Å². The molecule has 0 aliphatic carbocycles. The van der Waals surface area contributed by atoms with E-state index in [9.17, 15) is 9.59 Å². The van der Waals surface area contributed by atoms with E-state index < -0.39 is 18.0 Å². The molecule has 1 aromatic heterocycles. The van der Waals surface area contributed by atoms with Crippen LogP contribution in [0.4, 0.5) is 0 Å². The zero-order valence-corrected chi connectivity index (χ0v) is 10.9. The molecule has 0 spiro atoms. The molecule has 0 radical (unpaired) electrons. The highest BCUT2D eigenvalue weighted by molar-refractivity contribution is 5.93. The van der Waals surface area contributed by atoms with Gasteiger partial charge in [-0.2, -0.15) is 0 Å². The summed E-state index contributed by atoms with van der Waals surface area (Å²) in [4.78, 5) is 26.6. The fraction of sp³-hybridized carbons (Fsp3) is 0.133. The molecule has 0 unspecified atom stereocenters. The quantitative estimate of drug-likeness (QED) is 0.676. The second-order valence-corrected chi connectivity index (χ2v) is 4.24. The molecule has 0 aliphatic heterocycles. The van der Waals surface area contributed by atoms with Gasteiger partial charge < -0.3 is 10.5 Å². The number of hydrogen-bond donors (Lipinski definition) is 1. The van der Waals surface area contributed by atoms with E-state index >= 15 is 0 Å². The monoisotopic (exact) mass is 270 g/mol. The highest BCUT2D eigenvalue weighted by Crippen LogP contribution is 2.17. The van der Waals surface area contributed by atoms with Gasteiger partial charge in [-0.05, 0) is 19.1 Å². The number of fused-ring (bicyclic) bond motifs is 1. The van der Waals surface area contributed by atoms with Crippen molar-refractivity contribution >= 4 is 28.9 Å². The standard InChI is InChI=1S/C15H14N2O3/c1-10(15(16)19)20-13(18)8-7-12-5-2-4-11-6-3-9-17-14(11)12/h2-10H,1H3,(H2,16,19)/b8-7-/t10-/m0/s1. The number of carbonyl (C=O) groups excluding carboxylic acids is 2. The molecule has 0 saturated heterocycles. The molecule has 5 heteroatoms. The number of rotatable bonds is 4. The molecular formula is C15H14N2O3. The van der Waals surface area contributed by atoms with Crippen LogP contribution < -0.4 is 5.73 Å². The lowest BCUT2D eigenvalue weighted by Gasteiger charge is -2.06. The van der Waals surface area contributed by atoms with Crippen molar-refractivity contribution in [3.05, 3.63) is 48.2 Å². The normalized spacial score (nSPS) is 12.4. The average Bonchev–Trinajstić information content (AvgIpc) is 2.44. The number of benzene rings is 1. The first-order valence-corrected chi connectivity index (χ1v) is 6.09. The summed E-state index contributed by atoms with van der Waals surface area (Å²) >= 11 is 0. The Balaban J connectivity index is 2.18. The van der Waals surface area contributed by atoms with Crippen LogP contribution >= 0.6 is 0 Å². The van der Waals surface area contributed by atoms with Gasteiger partial charge in [-0.15, -0.1) is 0 Å². The Morgan fingerprint density at radius 1 is 1.30 bits per heavy atom. The maximum atomic E-state index is 11.5. The molecule has 0 fully saturated rings. The highest BCUT2D eigenvalue weighted by Gasteiger charge is 2.12. The number of aromatic nitrogens is 1. The summed E-state index contributed by atoms with van der Waals surface area (Å²) in [6.07, 6.45) is 3.60. The van der Waals surface area contributed by atoms with E-state index in [2.05, 4.69) is 4.98 Å². The summed E-state index contributed by atoms with van der Waals surface area (Å²) in [6.45, 7) is 1.42. The van der Waals surface area contributed by atoms with Crippen molar-refractivity contribution in [1.29, 1.82) is 0 Å². The predicted octanol–water partition coefficient (Wildman–Crippen LogP) is 1.66. The topological polar surface area (TPSA) is 82.3 Å². The molecule has 1 heterocycles. The van der Waals surface area contributed by atoms with Gasteiger partial charge in [-0.3, -0.25) is 9.78 Å². The Morgan fingerprint density at radius 3 is 2.80 bits per heavy atom. The van der Waals surface area contributed by atoms with E-state index in [4.69, 9.17) is 10.5 Å². The van der Waals surface area contributed by atoms with Gasteiger partial charge >= 0.3 is 5.97 Å². The van der Waals surface area contributed by atoms with Gasteiger partial charge in [-0.1, -0.05) is 24.3 Å². The lowest BCUT2D eigenvalue weighted by Crippen LogP contribution is -2.29.